The van der Waals surface area contributed by atoms with Crippen LogP contribution in [0.5, 0.6) is 5.75 Å². The second-order valence-corrected chi connectivity index (χ2v) is 5.59. The minimum absolute atomic E-state index is 0.0469. The van der Waals surface area contributed by atoms with Gasteiger partial charge in [0.2, 0.25) is 0 Å². The molecule has 0 saturated carbocycles. The highest BCUT2D eigenvalue weighted by Crippen LogP contribution is 2.11. The maximum Gasteiger partial charge on any atom is 0.317 e. The molecule has 0 aliphatic heterocycles. The van der Waals surface area contributed by atoms with Crippen molar-refractivity contribution in [2.24, 2.45) is 0 Å². The first-order chi connectivity index (χ1) is 10.7. The van der Waals surface area contributed by atoms with Crippen LogP contribution < -0.4 is 10.1 Å². The number of nitrogens with one attached hydrogen (secondary N) is 1. The van der Waals surface area contributed by atoms with Gasteiger partial charge in [-0.25, -0.2) is 4.79 Å². The third-order valence-electron chi connectivity index (χ3n) is 3.45. The largest absolute Gasteiger partial charge is 0.494 e. The van der Waals surface area contributed by atoms with Crippen LogP contribution in [0.1, 0.15) is 45.1 Å². The highest BCUT2D eigenvalue weighted by molar-refractivity contribution is 5.74. The highest BCUT2D eigenvalue weighted by Gasteiger charge is 2.10. The number of urea groups is 1. The van der Waals surface area contributed by atoms with Crippen molar-refractivity contribution in [2.45, 2.75) is 46.5 Å². The third kappa shape index (κ3) is 7.34. The van der Waals surface area contributed by atoms with Crippen molar-refractivity contribution in [3.05, 3.63) is 29.8 Å². The Hall–Kier alpha value is -1.71. The summed E-state index contributed by atoms with van der Waals surface area (Å²) in [5.74, 6) is 0.882. The van der Waals surface area contributed by atoms with Gasteiger partial charge in [0.25, 0.3) is 0 Å². The Morgan fingerprint density at radius 2 is 1.82 bits per heavy atom. The fourth-order valence-electron chi connectivity index (χ4n) is 2.14. The van der Waals surface area contributed by atoms with E-state index in [2.05, 4.69) is 26.1 Å². The van der Waals surface area contributed by atoms with Gasteiger partial charge in [-0.05, 0) is 38.3 Å². The molecule has 0 bridgehead atoms. The normalized spacial score (nSPS) is 10.3. The molecule has 0 fully saturated rings. The summed E-state index contributed by atoms with van der Waals surface area (Å²) in [4.78, 5) is 14.0. The van der Waals surface area contributed by atoms with Crippen LogP contribution in [0, 0.1) is 6.92 Å². The molecule has 0 aromatic heterocycles. The zero-order valence-corrected chi connectivity index (χ0v) is 14.2. The quantitative estimate of drug-likeness (QED) is 0.664. The molecule has 4 heteroatoms. The second kappa shape index (κ2) is 10.9. The molecule has 1 aromatic carbocycles. The summed E-state index contributed by atoms with van der Waals surface area (Å²) in [5.41, 5.74) is 1.22. The summed E-state index contributed by atoms with van der Waals surface area (Å²) in [6.07, 6.45) is 3.98. The van der Waals surface area contributed by atoms with Crippen LogP contribution in [0.4, 0.5) is 4.79 Å². The first-order valence-electron chi connectivity index (χ1n) is 8.39. The van der Waals surface area contributed by atoms with Crippen LogP contribution in [0.3, 0.4) is 0 Å². The number of amides is 2. The number of benzene rings is 1. The topological polar surface area (TPSA) is 41.6 Å². The fraction of sp³-hybridized carbons (Fsp3) is 0.611. The van der Waals surface area contributed by atoms with Crippen molar-refractivity contribution in [1.29, 1.82) is 0 Å². The Morgan fingerprint density at radius 3 is 2.45 bits per heavy atom. The summed E-state index contributed by atoms with van der Waals surface area (Å²) in [6.45, 7) is 9.23. The fourth-order valence-corrected chi connectivity index (χ4v) is 2.14. The number of unbranched alkanes of at least 4 members (excludes halogenated alkanes) is 1. The second-order valence-electron chi connectivity index (χ2n) is 5.59. The number of carbonyl (C=O) groups excluding carboxylic acids is 1. The molecule has 1 rings (SSSR count). The van der Waals surface area contributed by atoms with Gasteiger partial charge in [-0.1, -0.05) is 38.0 Å². The van der Waals surface area contributed by atoms with Gasteiger partial charge in [0.05, 0.1) is 6.61 Å². The zero-order chi connectivity index (χ0) is 16.2. The van der Waals surface area contributed by atoms with Crippen LogP contribution in [0.15, 0.2) is 24.3 Å². The molecular weight excluding hydrogens is 276 g/mol. The van der Waals surface area contributed by atoms with Gasteiger partial charge in [0, 0.05) is 19.6 Å². The summed E-state index contributed by atoms with van der Waals surface area (Å²) in [7, 11) is 0. The van der Waals surface area contributed by atoms with Crippen LogP contribution in [0.2, 0.25) is 0 Å². The van der Waals surface area contributed by atoms with Gasteiger partial charge in [0.15, 0.2) is 0 Å². The van der Waals surface area contributed by atoms with E-state index in [0.717, 1.165) is 44.5 Å². The lowest BCUT2D eigenvalue weighted by Crippen LogP contribution is -2.41. The molecule has 0 aliphatic carbocycles. The van der Waals surface area contributed by atoms with Crippen molar-refractivity contribution in [2.75, 3.05) is 26.2 Å². The van der Waals surface area contributed by atoms with Gasteiger partial charge in [-0.2, -0.15) is 0 Å². The van der Waals surface area contributed by atoms with Crippen LogP contribution >= 0.6 is 0 Å². The van der Waals surface area contributed by atoms with E-state index in [1.807, 2.05) is 29.2 Å². The SMILES string of the molecule is CCCCN(CCC)C(=O)NCCCOc1ccc(C)cc1. The van der Waals surface area contributed by atoms with E-state index < -0.39 is 0 Å². The number of hydrogen-bond donors (Lipinski definition) is 1. The standard InChI is InChI=1S/C18H30N2O2/c1-4-6-14-20(13-5-2)18(21)19-12-7-15-22-17-10-8-16(3)9-11-17/h8-11H,4-7,12-15H2,1-3H3,(H,19,21). The molecular formula is C18H30N2O2. The van der Waals surface area contributed by atoms with Crippen molar-refractivity contribution in [3.8, 4) is 5.75 Å². The molecule has 0 spiro atoms. The first kappa shape index (κ1) is 18.3. The minimum Gasteiger partial charge on any atom is -0.494 e. The van der Waals surface area contributed by atoms with Crippen molar-refractivity contribution >= 4 is 6.03 Å². The van der Waals surface area contributed by atoms with Gasteiger partial charge in [-0.3, -0.25) is 0 Å². The molecule has 0 saturated heterocycles. The predicted octanol–water partition coefficient (Wildman–Crippen LogP) is 3.99. The number of ether oxygens (including phenoxy) is 1. The molecule has 0 radical (unpaired) electrons. The number of hydrogen-bond acceptors (Lipinski definition) is 2. The third-order valence-corrected chi connectivity index (χ3v) is 3.45. The molecule has 1 N–H and O–H groups in total. The molecule has 1 aromatic rings. The van der Waals surface area contributed by atoms with E-state index in [1.165, 1.54) is 5.56 Å². The predicted molar refractivity (Wildman–Crippen MR) is 91.5 cm³/mol. The Kier molecular flexibility index (Phi) is 9.12. The van der Waals surface area contributed by atoms with E-state index >= 15 is 0 Å². The van der Waals surface area contributed by atoms with Gasteiger partial charge < -0.3 is 15.0 Å². The Balaban J connectivity index is 2.18. The van der Waals surface area contributed by atoms with Gasteiger partial charge in [0.1, 0.15) is 5.75 Å². The van der Waals surface area contributed by atoms with Gasteiger partial charge in [-0.15, -0.1) is 0 Å². The van der Waals surface area contributed by atoms with E-state index in [4.69, 9.17) is 4.74 Å². The van der Waals surface area contributed by atoms with E-state index in [1.54, 1.807) is 0 Å². The highest BCUT2D eigenvalue weighted by atomic mass is 16.5. The van der Waals surface area contributed by atoms with Crippen molar-refractivity contribution in [1.82, 2.24) is 10.2 Å². The van der Waals surface area contributed by atoms with E-state index in [9.17, 15) is 4.79 Å². The molecule has 0 aliphatic rings. The molecule has 124 valence electrons. The molecule has 4 nitrogen and oxygen atoms in total. The smallest absolute Gasteiger partial charge is 0.317 e. The lowest BCUT2D eigenvalue weighted by Gasteiger charge is -2.22. The summed E-state index contributed by atoms with van der Waals surface area (Å²) in [5, 5.41) is 2.98. The average molecular weight is 306 g/mol. The first-order valence-corrected chi connectivity index (χ1v) is 8.39. The van der Waals surface area contributed by atoms with Crippen molar-refractivity contribution in [3.63, 3.8) is 0 Å². The number of aryl methyl sites for hydroxylation is 1. The van der Waals surface area contributed by atoms with Crippen LogP contribution in [-0.4, -0.2) is 37.2 Å². The van der Waals surface area contributed by atoms with Crippen LogP contribution in [-0.2, 0) is 0 Å². The molecule has 2 amide bonds. The summed E-state index contributed by atoms with van der Waals surface area (Å²) >= 11 is 0. The lowest BCUT2D eigenvalue weighted by atomic mass is 10.2. The maximum absolute atomic E-state index is 12.1. The molecule has 22 heavy (non-hydrogen) atoms. The Labute approximate surface area is 134 Å². The summed E-state index contributed by atoms with van der Waals surface area (Å²) < 4.78 is 5.65. The van der Waals surface area contributed by atoms with Gasteiger partial charge >= 0.3 is 6.03 Å². The number of nitrogens with zero attached hydrogens (tertiary/aromatic N) is 1. The van der Waals surface area contributed by atoms with E-state index in [-0.39, 0.29) is 6.03 Å². The average Bonchev–Trinajstić information content (AvgIpc) is 2.52. The van der Waals surface area contributed by atoms with Crippen LogP contribution in [0.25, 0.3) is 0 Å². The zero-order valence-electron chi connectivity index (χ0n) is 14.2. The van der Waals surface area contributed by atoms with E-state index in [0.29, 0.717) is 13.2 Å². The lowest BCUT2D eigenvalue weighted by molar-refractivity contribution is 0.196. The minimum atomic E-state index is 0.0469. The Bertz CT molecular complexity index is 418. The maximum atomic E-state index is 12.1. The van der Waals surface area contributed by atoms with Crippen molar-refractivity contribution < 1.29 is 9.53 Å². The number of carbonyl (C=O) groups is 1. The summed E-state index contributed by atoms with van der Waals surface area (Å²) in [6, 6.07) is 8.06. The molecule has 0 atom stereocenters. The molecule has 0 unspecified atom stereocenters. The Morgan fingerprint density at radius 1 is 1.09 bits per heavy atom. The molecule has 0 heterocycles. The number of rotatable bonds is 10. The monoisotopic (exact) mass is 306 g/mol.